The van der Waals surface area contributed by atoms with Gasteiger partial charge in [0.25, 0.3) is 0 Å². The lowest BCUT2D eigenvalue weighted by Gasteiger charge is -2.05. The predicted molar refractivity (Wildman–Crippen MR) is 63.7 cm³/mol. The van der Waals surface area contributed by atoms with Crippen molar-refractivity contribution in [2.45, 2.75) is 12.8 Å². The largest absolute Gasteiger partial charge is 0.330 e. The van der Waals surface area contributed by atoms with E-state index in [1.165, 1.54) is 0 Å². The van der Waals surface area contributed by atoms with E-state index >= 15 is 0 Å². The Bertz CT molecular complexity index is 449. The highest BCUT2D eigenvalue weighted by Crippen LogP contribution is 2.14. The van der Waals surface area contributed by atoms with Gasteiger partial charge in [0.2, 0.25) is 0 Å². The first-order valence-corrected chi connectivity index (χ1v) is 5.54. The molecule has 2 rings (SSSR count). The van der Waals surface area contributed by atoms with Gasteiger partial charge < -0.3 is 5.73 Å². The number of rotatable bonds is 4. The standard InChI is InChI=1S/C11H13ClN4/c12-9-3-5-10(6-4-9)16-11(2-1-7-13)8-14-15-16/h3-6,8H,1-2,7,13H2. The van der Waals surface area contributed by atoms with Crippen LogP contribution >= 0.6 is 11.6 Å². The molecule has 0 aliphatic carbocycles. The average Bonchev–Trinajstić information content (AvgIpc) is 2.75. The van der Waals surface area contributed by atoms with Crippen molar-refractivity contribution in [3.05, 3.63) is 41.2 Å². The van der Waals surface area contributed by atoms with Crippen molar-refractivity contribution >= 4 is 11.6 Å². The molecule has 0 aliphatic heterocycles. The van der Waals surface area contributed by atoms with Crippen LogP contribution in [0.25, 0.3) is 5.69 Å². The number of nitrogens with zero attached hydrogens (tertiary/aromatic N) is 3. The number of hydrogen-bond acceptors (Lipinski definition) is 3. The van der Waals surface area contributed by atoms with Crippen molar-refractivity contribution in [2.24, 2.45) is 5.73 Å². The van der Waals surface area contributed by atoms with Crippen LogP contribution in [0.2, 0.25) is 5.02 Å². The highest BCUT2D eigenvalue weighted by atomic mass is 35.5. The summed E-state index contributed by atoms with van der Waals surface area (Å²) in [5.41, 5.74) is 7.52. The van der Waals surface area contributed by atoms with Gasteiger partial charge >= 0.3 is 0 Å². The Morgan fingerprint density at radius 3 is 2.69 bits per heavy atom. The predicted octanol–water partition coefficient (Wildman–Crippen LogP) is 1.81. The summed E-state index contributed by atoms with van der Waals surface area (Å²) in [4.78, 5) is 0. The molecule has 4 nitrogen and oxygen atoms in total. The smallest absolute Gasteiger partial charge is 0.0729 e. The van der Waals surface area contributed by atoms with E-state index in [1.54, 1.807) is 6.20 Å². The Kier molecular flexibility index (Phi) is 3.54. The molecule has 0 spiro atoms. The van der Waals surface area contributed by atoms with Crippen LogP contribution in [0.3, 0.4) is 0 Å². The molecule has 2 aromatic rings. The molecular formula is C11H13ClN4. The van der Waals surface area contributed by atoms with Crippen LogP contribution in [0, 0.1) is 0 Å². The maximum Gasteiger partial charge on any atom is 0.0729 e. The molecule has 0 aliphatic rings. The third kappa shape index (κ3) is 2.40. The van der Waals surface area contributed by atoms with Crippen molar-refractivity contribution in [1.29, 1.82) is 0 Å². The lowest BCUT2D eigenvalue weighted by atomic mass is 10.2. The van der Waals surface area contributed by atoms with Gasteiger partial charge in [-0.2, -0.15) is 0 Å². The molecular weight excluding hydrogens is 224 g/mol. The van der Waals surface area contributed by atoms with E-state index in [4.69, 9.17) is 17.3 Å². The molecule has 0 saturated heterocycles. The van der Waals surface area contributed by atoms with Crippen molar-refractivity contribution in [1.82, 2.24) is 15.0 Å². The van der Waals surface area contributed by atoms with Crippen LogP contribution in [0.5, 0.6) is 0 Å². The minimum atomic E-state index is 0.672. The Balaban J connectivity index is 2.26. The van der Waals surface area contributed by atoms with Crippen LogP contribution < -0.4 is 5.73 Å². The number of nitrogens with two attached hydrogens (primary N) is 1. The van der Waals surface area contributed by atoms with Gasteiger partial charge in [-0.3, -0.25) is 0 Å². The van der Waals surface area contributed by atoms with Gasteiger partial charge in [-0.25, -0.2) is 4.68 Å². The van der Waals surface area contributed by atoms with Crippen molar-refractivity contribution in [3.63, 3.8) is 0 Å². The van der Waals surface area contributed by atoms with Crippen LogP contribution in [0.15, 0.2) is 30.5 Å². The number of hydrogen-bond donors (Lipinski definition) is 1. The molecule has 0 unspecified atom stereocenters. The molecule has 0 amide bonds. The minimum Gasteiger partial charge on any atom is -0.330 e. The van der Waals surface area contributed by atoms with Crippen molar-refractivity contribution in [2.75, 3.05) is 6.54 Å². The second kappa shape index (κ2) is 5.09. The number of aryl methyl sites for hydroxylation is 1. The summed E-state index contributed by atoms with van der Waals surface area (Å²) < 4.78 is 1.81. The molecule has 1 heterocycles. The molecule has 16 heavy (non-hydrogen) atoms. The maximum absolute atomic E-state index is 5.83. The SMILES string of the molecule is NCCCc1cnnn1-c1ccc(Cl)cc1. The molecule has 1 aromatic heterocycles. The van der Waals surface area contributed by atoms with Gasteiger partial charge in [-0.1, -0.05) is 16.8 Å². The van der Waals surface area contributed by atoms with E-state index < -0.39 is 0 Å². The zero-order valence-corrected chi connectivity index (χ0v) is 9.56. The van der Waals surface area contributed by atoms with Crippen LogP contribution in [0.1, 0.15) is 12.1 Å². The van der Waals surface area contributed by atoms with Crippen LogP contribution in [-0.2, 0) is 6.42 Å². The Morgan fingerprint density at radius 2 is 2.00 bits per heavy atom. The molecule has 84 valence electrons. The monoisotopic (exact) mass is 236 g/mol. The summed E-state index contributed by atoms with van der Waals surface area (Å²) in [5, 5.41) is 8.68. The summed E-state index contributed by atoms with van der Waals surface area (Å²) in [5.74, 6) is 0. The molecule has 0 atom stereocenters. The van der Waals surface area contributed by atoms with Gasteiger partial charge in [-0.05, 0) is 43.7 Å². The highest BCUT2D eigenvalue weighted by molar-refractivity contribution is 6.30. The molecule has 5 heteroatoms. The first-order chi connectivity index (χ1) is 7.81. The lowest BCUT2D eigenvalue weighted by molar-refractivity contribution is 0.729. The molecule has 0 bridgehead atoms. The third-order valence-corrected chi connectivity index (χ3v) is 2.58. The average molecular weight is 237 g/mol. The van der Waals surface area contributed by atoms with Gasteiger partial charge in [0.15, 0.2) is 0 Å². The summed E-state index contributed by atoms with van der Waals surface area (Å²) >= 11 is 5.83. The number of benzene rings is 1. The Hall–Kier alpha value is -1.39. The Morgan fingerprint density at radius 1 is 1.25 bits per heavy atom. The summed E-state index contributed by atoms with van der Waals surface area (Å²) in [7, 11) is 0. The number of halogens is 1. The first kappa shape index (κ1) is 11.1. The van der Waals surface area contributed by atoms with E-state index in [0.717, 1.165) is 24.2 Å². The van der Waals surface area contributed by atoms with Crippen molar-refractivity contribution in [3.8, 4) is 5.69 Å². The zero-order chi connectivity index (χ0) is 11.4. The van der Waals surface area contributed by atoms with Gasteiger partial charge in [0.1, 0.15) is 0 Å². The fourth-order valence-corrected chi connectivity index (χ4v) is 1.64. The lowest BCUT2D eigenvalue weighted by Crippen LogP contribution is -2.05. The second-order valence-corrected chi connectivity index (χ2v) is 3.94. The van der Waals surface area contributed by atoms with Gasteiger partial charge in [-0.15, -0.1) is 5.10 Å². The fraction of sp³-hybridized carbons (Fsp3) is 0.273. The van der Waals surface area contributed by atoms with Crippen LogP contribution in [0.4, 0.5) is 0 Å². The quantitative estimate of drug-likeness (QED) is 0.881. The molecule has 2 N–H and O–H groups in total. The van der Waals surface area contributed by atoms with E-state index in [1.807, 2.05) is 28.9 Å². The normalized spacial score (nSPS) is 10.6. The van der Waals surface area contributed by atoms with Gasteiger partial charge in [0.05, 0.1) is 17.6 Å². The van der Waals surface area contributed by atoms with Gasteiger partial charge in [0, 0.05) is 5.02 Å². The summed E-state index contributed by atoms with van der Waals surface area (Å²) in [6.07, 6.45) is 3.58. The van der Waals surface area contributed by atoms with Crippen molar-refractivity contribution < 1.29 is 0 Å². The third-order valence-electron chi connectivity index (χ3n) is 2.33. The molecule has 1 aromatic carbocycles. The molecule has 0 fully saturated rings. The second-order valence-electron chi connectivity index (χ2n) is 3.51. The van der Waals surface area contributed by atoms with E-state index in [2.05, 4.69) is 10.3 Å². The topological polar surface area (TPSA) is 56.7 Å². The Labute approximate surface area is 99.0 Å². The summed E-state index contributed by atoms with van der Waals surface area (Å²) in [6, 6.07) is 7.52. The van der Waals surface area contributed by atoms with E-state index in [0.29, 0.717) is 11.6 Å². The number of aromatic nitrogens is 3. The fourth-order valence-electron chi connectivity index (χ4n) is 1.51. The van der Waals surface area contributed by atoms with E-state index in [9.17, 15) is 0 Å². The molecule has 0 saturated carbocycles. The maximum atomic E-state index is 5.83. The summed E-state index contributed by atoms with van der Waals surface area (Å²) in [6.45, 7) is 0.672. The highest BCUT2D eigenvalue weighted by Gasteiger charge is 2.05. The van der Waals surface area contributed by atoms with Crippen LogP contribution in [-0.4, -0.2) is 21.5 Å². The molecule has 0 radical (unpaired) electrons. The first-order valence-electron chi connectivity index (χ1n) is 5.17. The minimum absolute atomic E-state index is 0.672. The van der Waals surface area contributed by atoms with E-state index in [-0.39, 0.29) is 0 Å². The zero-order valence-electron chi connectivity index (χ0n) is 8.81.